The Kier molecular flexibility index (Phi) is 4.60. The summed E-state index contributed by atoms with van der Waals surface area (Å²) in [6, 6.07) is 28.1. The molecule has 1 aromatic heterocycles. The molecule has 4 heteroatoms. The zero-order valence-corrected chi connectivity index (χ0v) is 14.0. The lowest BCUT2D eigenvalue weighted by atomic mass is 9.98. The molecule has 0 spiro atoms. The van der Waals surface area contributed by atoms with Crippen LogP contribution in [0.4, 0.5) is 0 Å². The lowest BCUT2D eigenvalue weighted by molar-refractivity contribution is -0.278. The van der Waals surface area contributed by atoms with E-state index in [1.807, 2.05) is 60.7 Å². The number of ether oxygens (including phenoxy) is 1. The molecule has 4 aromatic rings. The summed E-state index contributed by atoms with van der Waals surface area (Å²) in [6.45, 7) is -0.203. The van der Waals surface area contributed by atoms with Crippen molar-refractivity contribution >= 4 is 10.9 Å². The van der Waals surface area contributed by atoms with Crippen LogP contribution < -0.4 is 4.74 Å². The highest BCUT2D eigenvalue weighted by molar-refractivity contribution is 5.96. The van der Waals surface area contributed by atoms with Crippen LogP contribution in [0.2, 0.25) is 0 Å². The van der Waals surface area contributed by atoms with Crippen LogP contribution in [0.5, 0.6) is 5.75 Å². The van der Waals surface area contributed by atoms with Crippen molar-refractivity contribution in [3.05, 3.63) is 84.9 Å². The summed E-state index contributed by atoms with van der Waals surface area (Å²) in [6.07, 6.45) is 0. The molecule has 3 aromatic carbocycles. The van der Waals surface area contributed by atoms with E-state index in [9.17, 15) is 0 Å². The van der Waals surface area contributed by atoms with E-state index >= 15 is 0 Å². The molecule has 0 saturated carbocycles. The molecule has 0 aliphatic rings. The first kappa shape index (κ1) is 16.3. The molecular weight excluding hydrogens is 326 g/mol. The Balaban J connectivity index is 1.81. The van der Waals surface area contributed by atoms with Gasteiger partial charge in [-0.05, 0) is 47.5 Å². The maximum absolute atomic E-state index is 8.36. The Morgan fingerprint density at radius 1 is 0.769 bits per heavy atom. The van der Waals surface area contributed by atoms with E-state index in [1.54, 1.807) is 0 Å². The number of hydrogen-bond donors (Lipinski definition) is 1. The van der Waals surface area contributed by atoms with E-state index < -0.39 is 0 Å². The first-order valence-corrected chi connectivity index (χ1v) is 8.30. The van der Waals surface area contributed by atoms with Crippen LogP contribution in [0.25, 0.3) is 33.3 Å². The zero-order valence-electron chi connectivity index (χ0n) is 14.0. The third-order valence-corrected chi connectivity index (χ3v) is 4.23. The first-order valence-electron chi connectivity index (χ1n) is 8.30. The van der Waals surface area contributed by atoms with Gasteiger partial charge in [0.2, 0.25) is 6.79 Å². The van der Waals surface area contributed by atoms with Crippen LogP contribution in [-0.2, 0) is 4.89 Å². The van der Waals surface area contributed by atoms with Gasteiger partial charge >= 0.3 is 0 Å². The van der Waals surface area contributed by atoms with Gasteiger partial charge in [0, 0.05) is 10.9 Å². The van der Waals surface area contributed by atoms with Crippen LogP contribution >= 0.6 is 0 Å². The molecule has 128 valence electrons. The Hall–Kier alpha value is -3.21. The summed E-state index contributed by atoms with van der Waals surface area (Å²) in [5, 5.41) is 9.49. The Morgan fingerprint density at radius 2 is 1.50 bits per heavy atom. The molecule has 0 bridgehead atoms. The Bertz CT molecular complexity index is 1010. The number of rotatable bonds is 5. The molecular formula is C22H17NO3. The molecule has 0 aliphatic carbocycles. The van der Waals surface area contributed by atoms with Crippen molar-refractivity contribution in [3.63, 3.8) is 0 Å². The largest absolute Gasteiger partial charge is 0.465 e. The molecule has 0 amide bonds. The van der Waals surface area contributed by atoms with Gasteiger partial charge in [-0.25, -0.2) is 10.2 Å². The maximum Gasteiger partial charge on any atom is 0.220 e. The van der Waals surface area contributed by atoms with Gasteiger partial charge in [-0.15, -0.1) is 0 Å². The Labute approximate surface area is 151 Å². The molecule has 1 N–H and O–H groups in total. The van der Waals surface area contributed by atoms with E-state index in [4.69, 9.17) is 15.0 Å². The molecule has 1 heterocycles. The van der Waals surface area contributed by atoms with E-state index in [0.717, 1.165) is 33.3 Å². The van der Waals surface area contributed by atoms with Gasteiger partial charge in [-0.1, -0.05) is 48.5 Å². The fourth-order valence-electron chi connectivity index (χ4n) is 3.00. The first-order chi connectivity index (χ1) is 12.8. The topological polar surface area (TPSA) is 51.6 Å². The average molecular weight is 343 g/mol. The normalized spacial score (nSPS) is 10.8. The summed E-state index contributed by atoms with van der Waals surface area (Å²) < 4.78 is 5.22. The van der Waals surface area contributed by atoms with Crippen molar-refractivity contribution in [1.29, 1.82) is 0 Å². The lowest BCUT2D eigenvalue weighted by Gasteiger charge is -2.11. The summed E-state index contributed by atoms with van der Waals surface area (Å²) in [4.78, 5) is 8.76. The summed E-state index contributed by atoms with van der Waals surface area (Å²) in [5.74, 6) is 0.617. The summed E-state index contributed by atoms with van der Waals surface area (Å²) >= 11 is 0. The number of benzene rings is 3. The van der Waals surface area contributed by atoms with Crippen LogP contribution in [0.1, 0.15) is 0 Å². The van der Waals surface area contributed by atoms with Gasteiger partial charge < -0.3 is 4.74 Å². The predicted octanol–water partition coefficient (Wildman–Crippen LogP) is 5.39. The molecule has 0 fully saturated rings. The number of fused-ring (bicyclic) bond motifs is 1. The smallest absolute Gasteiger partial charge is 0.220 e. The molecule has 0 aliphatic heterocycles. The number of hydrogen-bond acceptors (Lipinski definition) is 4. The van der Waals surface area contributed by atoms with E-state index in [-0.39, 0.29) is 6.79 Å². The van der Waals surface area contributed by atoms with E-state index in [1.165, 1.54) is 0 Å². The van der Waals surface area contributed by atoms with Crippen molar-refractivity contribution < 1.29 is 14.9 Å². The van der Waals surface area contributed by atoms with E-state index in [2.05, 4.69) is 29.2 Å². The van der Waals surface area contributed by atoms with Crippen molar-refractivity contribution in [2.75, 3.05) is 6.79 Å². The fraction of sp³-hybridized carbons (Fsp3) is 0.0455. The van der Waals surface area contributed by atoms with Gasteiger partial charge in [-0.2, -0.15) is 4.89 Å². The molecule has 0 unspecified atom stereocenters. The predicted molar refractivity (Wildman–Crippen MR) is 102 cm³/mol. The second-order valence-corrected chi connectivity index (χ2v) is 5.85. The maximum atomic E-state index is 8.36. The fourth-order valence-corrected chi connectivity index (χ4v) is 3.00. The minimum atomic E-state index is -0.203. The second-order valence-electron chi connectivity index (χ2n) is 5.85. The number of aromatic nitrogens is 1. The zero-order chi connectivity index (χ0) is 17.8. The Morgan fingerprint density at radius 3 is 2.27 bits per heavy atom. The standard InChI is InChI=1S/C22H17NO3/c24-26-15-25-18-12-10-17(11-13-18)22-14-20(16-6-2-1-3-7-16)19-8-4-5-9-21(19)23-22/h1-14,24H,15H2. The van der Waals surface area contributed by atoms with Crippen LogP contribution in [0.3, 0.4) is 0 Å². The average Bonchev–Trinajstić information content (AvgIpc) is 2.72. The molecule has 4 nitrogen and oxygen atoms in total. The summed E-state index contributed by atoms with van der Waals surface area (Å²) in [5.41, 5.74) is 5.16. The number of pyridine rings is 1. The quantitative estimate of drug-likeness (QED) is 0.300. The van der Waals surface area contributed by atoms with Gasteiger partial charge in [-0.3, -0.25) is 0 Å². The third-order valence-electron chi connectivity index (χ3n) is 4.23. The SMILES string of the molecule is OOCOc1ccc(-c2cc(-c3ccccc3)c3ccccc3n2)cc1. The third kappa shape index (κ3) is 3.28. The number of para-hydroxylation sites is 1. The summed E-state index contributed by atoms with van der Waals surface area (Å²) in [7, 11) is 0. The highest BCUT2D eigenvalue weighted by Gasteiger charge is 2.09. The van der Waals surface area contributed by atoms with Gasteiger partial charge in [0.05, 0.1) is 11.2 Å². The molecule has 26 heavy (non-hydrogen) atoms. The highest BCUT2D eigenvalue weighted by Crippen LogP contribution is 2.32. The van der Waals surface area contributed by atoms with Crippen LogP contribution in [0, 0.1) is 0 Å². The minimum absolute atomic E-state index is 0.203. The molecule has 0 atom stereocenters. The highest BCUT2D eigenvalue weighted by atomic mass is 17.1. The van der Waals surface area contributed by atoms with E-state index in [0.29, 0.717) is 5.75 Å². The van der Waals surface area contributed by atoms with Crippen molar-refractivity contribution in [2.24, 2.45) is 0 Å². The molecule has 0 radical (unpaired) electrons. The van der Waals surface area contributed by atoms with Gasteiger partial charge in [0.25, 0.3) is 0 Å². The monoisotopic (exact) mass is 343 g/mol. The molecule has 0 saturated heterocycles. The molecule has 4 rings (SSSR count). The van der Waals surface area contributed by atoms with Gasteiger partial charge in [0.1, 0.15) is 5.75 Å². The lowest BCUT2D eigenvalue weighted by Crippen LogP contribution is -1.98. The van der Waals surface area contributed by atoms with Crippen molar-refractivity contribution in [1.82, 2.24) is 4.98 Å². The number of nitrogens with zero attached hydrogens (tertiary/aromatic N) is 1. The van der Waals surface area contributed by atoms with Crippen molar-refractivity contribution in [2.45, 2.75) is 0 Å². The van der Waals surface area contributed by atoms with Crippen molar-refractivity contribution in [3.8, 4) is 28.1 Å². The second kappa shape index (κ2) is 7.35. The van der Waals surface area contributed by atoms with Crippen LogP contribution in [-0.4, -0.2) is 17.0 Å². The van der Waals surface area contributed by atoms with Gasteiger partial charge in [0.15, 0.2) is 0 Å². The van der Waals surface area contributed by atoms with Crippen LogP contribution in [0.15, 0.2) is 84.9 Å². The minimum Gasteiger partial charge on any atom is -0.465 e.